The highest BCUT2D eigenvalue weighted by atomic mass is 16.6. The first-order valence-electron chi connectivity index (χ1n) is 12.3. The molecule has 8 rings (SSSR count). The maximum Gasteiger partial charge on any atom is 0.181 e. The van der Waals surface area contributed by atoms with Crippen molar-refractivity contribution in [2.24, 2.45) is 0 Å². The standard InChI is InChI=1S/C34H20O3/c1-2-10-24-22(8-1)23-9-3-4-11-25(23)28-20-21(16-17-26(24)28)29-18-19-30(35-29)27-12-7-15-33-34(27)37-32-14-6-5-13-31(32)36-33/h1-20H. The van der Waals surface area contributed by atoms with Crippen LogP contribution in [0.1, 0.15) is 0 Å². The Balaban J connectivity index is 1.26. The molecule has 0 radical (unpaired) electrons. The number of benzene rings is 6. The molecular weight excluding hydrogens is 456 g/mol. The van der Waals surface area contributed by atoms with Crippen LogP contribution in [0.2, 0.25) is 0 Å². The van der Waals surface area contributed by atoms with Gasteiger partial charge in [0.1, 0.15) is 11.5 Å². The lowest BCUT2D eigenvalue weighted by Crippen LogP contribution is -1.99. The lowest BCUT2D eigenvalue weighted by molar-refractivity contribution is 0.360. The second-order valence-corrected chi connectivity index (χ2v) is 9.30. The average Bonchev–Trinajstić information content (AvgIpc) is 3.46. The molecule has 174 valence electrons. The lowest BCUT2D eigenvalue weighted by atomic mass is 9.93. The normalized spacial score (nSPS) is 12.2. The zero-order valence-corrected chi connectivity index (χ0v) is 19.8. The summed E-state index contributed by atoms with van der Waals surface area (Å²) in [5.74, 6) is 4.30. The van der Waals surface area contributed by atoms with E-state index in [0.29, 0.717) is 23.0 Å². The van der Waals surface area contributed by atoms with Crippen LogP contribution in [-0.2, 0) is 0 Å². The Labute approximate surface area is 213 Å². The minimum Gasteiger partial charge on any atom is -0.456 e. The number of hydrogen-bond donors (Lipinski definition) is 0. The Morgan fingerprint density at radius 1 is 0.378 bits per heavy atom. The SMILES string of the molecule is c1ccc2c(c1)Oc1cccc(-c3ccc(-c4ccc5c6ccccc6c6ccccc6c5c4)o3)c1O2. The van der Waals surface area contributed by atoms with E-state index in [1.54, 1.807) is 0 Å². The molecule has 0 unspecified atom stereocenters. The monoisotopic (exact) mass is 476 g/mol. The van der Waals surface area contributed by atoms with Gasteiger partial charge in [-0.1, -0.05) is 78.9 Å². The number of hydrogen-bond acceptors (Lipinski definition) is 3. The van der Waals surface area contributed by atoms with E-state index in [0.717, 1.165) is 22.6 Å². The minimum absolute atomic E-state index is 0.665. The van der Waals surface area contributed by atoms with Gasteiger partial charge in [-0.05, 0) is 74.8 Å². The summed E-state index contributed by atoms with van der Waals surface area (Å²) >= 11 is 0. The predicted molar refractivity (Wildman–Crippen MR) is 149 cm³/mol. The molecule has 0 fully saturated rings. The summed E-state index contributed by atoms with van der Waals surface area (Å²) in [6.45, 7) is 0. The van der Waals surface area contributed by atoms with Gasteiger partial charge in [0.15, 0.2) is 23.0 Å². The molecule has 0 saturated heterocycles. The summed E-state index contributed by atoms with van der Waals surface area (Å²) < 4.78 is 18.8. The van der Waals surface area contributed by atoms with E-state index in [4.69, 9.17) is 13.9 Å². The molecule has 0 bridgehead atoms. The summed E-state index contributed by atoms with van der Waals surface area (Å²) in [5.41, 5.74) is 1.89. The molecule has 37 heavy (non-hydrogen) atoms. The van der Waals surface area contributed by atoms with Gasteiger partial charge in [-0.3, -0.25) is 0 Å². The fourth-order valence-corrected chi connectivity index (χ4v) is 5.44. The van der Waals surface area contributed by atoms with Crippen molar-refractivity contribution in [1.82, 2.24) is 0 Å². The van der Waals surface area contributed by atoms with Gasteiger partial charge < -0.3 is 13.9 Å². The summed E-state index contributed by atoms with van der Waals surface area (Å²) in [6, 6.07) is 41.4. The third-order valence-corrected chi connectivity index (χ3v) is 7.16. The van der Waals surface area contributed by atoms with E-state index < -0.39 is 0 Å². The molecule has 0 atom stereocenters. The van der Waals surface area contributed by atoms with Crippen molar-refractivity contribution in [3.8, 4) is 45.6 Å². The van der Waals surface area contributed by atoms with Crippen molar-refractivity contribution in [2.75, 3.05) is 0 Å². The second-order valence-electron chi connectivity index (χ2n) is 9.30. The highest BCUT2D eigenvalue weighted by Crippen LogP contribution is 2.50. The molecule has 3 heteroatoms. The van der Waals surface area contributed by atoms with Crippen LogP contribution >= 0.6 is 0 Å². The third-order valence-electron chi connectivity index (χ3n) is 7.16. The number of furan rings is 1. The molecular formula is C34H20O3. The first-order chi connectivity index (χ1) is 18.3. The molecule has 2 heterocycles. The van der Waals surface area contributed by atoms with Gasteiger partial charge in [-0.15, -0.1) is 0 Å². The van der Waals surface area contributed by atoms with E-state index >= 15 is 0 Å². The van der Waals surface area contributed by atoms with Crippen molar-refractivity contribution in [2.45, 2.75) is 0 Å². The van der Waals surface area contributed by atoms with Gasteiger partial charge in [0.25, 0.3) is 0 Å². The van der Waals surface area contributed by atoms with Crippen molar-refractivity contribution in [3.63, 3.8) is 0 Å². The van der Waals surface area contributed by atoms with E-state index in [9.17, 15) is 0 Å². The Kier molecular flexibility index (Phi) is 4.23. The van der Waals surface area contributed by atoms with Gasteiger partial charge in [0.05, 0.1) is 5.56 Å². The molecule has 7 aromatic rings. The van der Waals surface area contributed by atoms with Crippen LogP contribution in [0.15, 0.2) is 126 Å². The van der Waals surface area contributed by atoms with Crippen LogP contribution in [0.3, 0.4) is 0 Å². The molecule has 3 nitrogen and oxygen atoms in total. The molecule has 6 aromatic carbocycles. The molecule has 0 N–H and O–H groups in total. The van der Waals surface area contributed by atoms with Crippen molar-refractivity contribution in [1.29, 1.82) is 0 Å². The Bertz CT molecular complexity index is 1960. The Morgan fingerprint density at radius 2 is 0.946 bits per heavy atom. The van der Waals surface area contributed by atoms with E-state index in [2.05, 4.69) is 66.7 Å². The molecule has 0 aliphatic carbocycles. The number of para-hydroxylation sites is 3. The zero-order valence-electron chi connectivity index (χ0n) is 19.8. The maximum absolute atomic E-state index is 6.42. The molecule has 0 amide bonds. The maximum atomic E-state index is 6.42. The van der Waals surface area contributed by atoms with Crippen molar-refractivity contribution >= 4 is 32.3 Å². The van der Waals surface area contributed by atoms with Crippen molar-refractivity contribution < 1.29 is 13.9 Å². The highest BCUT2D eigenvalue weighted by molar-refractivity contribution is 6.25. The number of rotatable bonds is 2. The number of ether oxygens (including phenoxy) is 2. The summed E-state index contributed by atoms with van der Waals surface area (Å²) in [6.07, 6.45) is 0. The largest absolute Gasteiger partial charge is 0.456 e. The van der Waals surface area contributed by atoms with Gasteiger partial charge in [-0.25, -0.2) is 0 Å². The lowest BCUT2D eigenvalue weighted by Gasteiger charge is -2.21. The van der Waals surface area contributed by atoms with Crippen LogP contribution in [-0.4, -0.2) is 0 Å². The summed E-state index contributed by atoms with van der Waals surface area (Å²) in [7, 11) is 0. The van der Waals surface area contributed by atoms with Crippen LogP contribution in [0.4, 0.5) is 0 Å². The fourth-order valence-electron chi connectivity index (χ4n) is 5.44. The highest BCUT2D eigenvalue weighted by Gasteiger charge is 2.23. The molecule has 1 aromatic heterocycles. The summed E-state index contributed by atoms with van der Waals surface area (Å²) in [4.78, 5) is 0. The smallest absolute Gasteiger partial charge is 0.181 e. The van der Waals surface area contributed by atoms with E-state index in [1.807, 2.05) is 54.6 Å². The fraction of sp³-hybridized carbons (Fsp3) is 0. The van der Waals surface area contributed by atoms with Gasteiger partial charge in [-0.2, -0.15) is 0 Å². The first kappa shape index (κ1) is 20.2. The van der Waals surface area contributed by atoms with E-state index in [1.165, 1.54) is 32.3 Å². The van der Waals surface area contributed by atoms with Crippen LogP contribution < -0.4 is 9.47 Å². The Hall–Kier alpha value is -5.02. The minimum atomic E-state index is 0.665. The van der Waals surface area contributed by atoms with Crippen molar-refractivity contribution in [3.05, 3.63) is 121 Å². The Morgan fingerprint density at radius 3 is 1.68 bits per heavy atom. The van der Waals surface area contributed by atoms with Crippen LogP contribution in [0, 0.1) is 0 Å². The van der Waals surface area contributed by atoms with Gasteiger partial charge >= 0.3 is 0 Å². The predicted octanol–water partition coefficient (Wildman–Crippen LogP) is 9.97. The quantitative estimate of drug-likeness (QED) is 0.233. The van der Waals surface area contributed by atoms with Crippen LogP contribution in [0.5, 0.6) is 23.0 Å². The average molecular weight is 477 g/mol. The molecule has 1 aliphatic heterocycles. The molecule has 0 saturated carbocycles. The topological polar surface area (TPSA) is 31.6 Å². The number of fused-ring (bicyclic) bond motifs is 8. The second kappa shape index (κ2) is 7.74. The van der Waals surface area contributed by atoms with Gasteiger partial charge in [0, 0.05) is 5.56 Å². The molecule has 1 aliphatic rings. The zero-order chi connectivity index (χ0) is 24.3. The van der Waals surface area contributed by atoms with Crippen LogP contribution in [0.25, 0.3) is 55.0 Å². The summed E-state index contributed by atoms with van der Waals surface area (Å²) in [5, 5.41) is 7.50. The first-order valence-corrected chi connectivity index (χ1v) is 12.3. The molecule has 0 spiro atoms. The third kappa shape index (κ3) is 3.08. The van der Waals surface area contributed by atoms with E-state index in [-0.39, 0.29) is 0 Å². The van der Waals surface area contributed by atoms with Gasteiger partial charge in [0.2, 0.25) is 0 Å².